The van der Waals surface area contributed by atoms with Crippen LogP contribution in [0.5, 0.6) is 0 Å². The summed E-state index contributed by atoms with van der Waals surface area (Å²) in [6.45, 7) is 29.0. The zero-order chi connectivity index (χ0) is 27.2. The molecule has 0 unspecified atom stereocenters. The number of esters is 1. The molecular formula is C27H54O6Si2. The quantitative estimate of drug-likeness (QED) is 0.160. The van der Waals surface area contributed by atoms with Gasteiger partial charge in [0.05, 0.1) is 31.0 Å². The van der Waals surface area contributed by atoms with Crippen molar-refractivity contribution >= 4 is 22.6 Å². The summed E-state index contributed by atoms with van der Waals surface area (Å²) in [7, 11) is -4.01. The Kier molecular flexibility index (Phi) is 11.9. The Hall–Kier alpha value is -0.516. The Balaban J connectivity index is 2.96. The van der Waals surface area contributed by atoms with Crippen molar-refractivity contribution in [2.75, 3.05) is 6.61 Å². The fraction of sp³-hybridized carbons (Fsp3) is 0.889. The lowest BCUT2D eigenvalue weighted by atomic mass is 10.0. The van der Waals surface area contributed by atoms with Gasteiger partial charge in [0.15, 0.2) is 22.9 Å². The van der Waals surface area contributed by atoms with E-state index in [2.05, 4.69) is 74.7 Å². The number of rotatable bonds is 11. The molecule has 8 heteroatoms. The van der Waals surface area contributed by atoms with E-state index in [1.54, 1.807) is 6.92 Å². The van der Waals surface area contributed by atoms with Crippen LogP contribution in [0, 0.1) is 0 Å². The van der Waals surface area contributed by atoms with Gasteiger partial charge in [0, 0.05) is 12.5 Å². The van der Waals surface area contributed by atoms with Crippen LogP contribution in [0.25, 0.3) is 0 Å². The number of carbonyl (C=O) groups is 1. The van der Waals surface area contributed by atoms with Gasteiger partial charge in [0.25, 0.3) is 0 Å². The van der Waals surface area contributed by atoms with Crippen molar-refractivity contribution in [2.24, 2.45) is 0 Å². The Labute approximate surface area is 217 Å². The molecule has 0 aromatic rings. The van der Waals surface area contributed by atoms with Crippen molar-refractivity contribution in [3.63, 3.8) is 0 Å². The minimum atomic E-state index is -2.05. The van der Waals surface area contributed by atoms with E-state index in [4.69, 9.17) is 23.1 Å². The van der Waals surface area contributed by atoms with Crippen LogP contribution in [0.2, 0.25) is 36.3 Å². The van der Waals surface area contributed by atoms with Crippen LogP contribution >= 0.6 is 0 Å². The molecule has 1 fully saturated rings. The van der Waals surface area contributed by atoms with Crippen LogP contribution in [-0.2, 0) is 27.9 Å². The molecule has 1 aliphatic heterocycles. The van der Waals surface area contributed by atoms with E-state index in [1.165, 1.54) is 6.08 Å². The van der Waals surface area contributed by atoms with E-state index in [9.17, 15) is 4.79 Å². The van der Waals surface area contributed by atoms with Crippen LogP contribution < -0.4 is 0 Å². The number of hydrogen-bond acceptors (Lipinski definition) is 6. The van der Waals surface area contributed by atoms with Gasteiger partial charge in [-0.1, -0.05) is 47.6 Å². The van der Waals surface area contributed by atoms with E-state index >= 15 is 0 Å². The lowest BCUT2D eigenvalue weighted by Gasteiger charge is -2.48. The highest BCUT2D eigenvalue weighted by molar-refractivity contribution is 6.74. The number of hydrogen-bond donors (Lipinski definition) is 0. The highest BCUT2D eigenvalue weighted by Crippen LogP contribution is 2.42. The predicted molar refractivity (Wildman–Crippen MR) is 149 cm³/mol. The van der Waals surface area contributed by atoms with Gasteiger partial charge in [0.2, 0.25) is 0 Å². The summed E-state index contributed by atoms with van der Waals surface area (Å²) >= 11 is 0. The monoisotopic (exact) mass is 530 g/mol. The Morgan fingerprint density at radius 3 is 2.00 bits per heavy atom. The molecule has 0 aromatic carbocycles. The standard InChI is InChI=1S/C27H54O6Si2/c1-14-29-24(28)18-16-15-17-20(2)30-25-23(33-35(12,13)27(7,8)9)19-22(21(3)31-25)32-34(10,11)26(4,5)6/h16,18,20-23,25H,14-15,17,19H2,1-13H3/b18-16-/t20-,21+,22-,23-,25-/m1/s1. The largest absolute Gasteiger partial charge is 0.463 e. The van der Waals surface area contributed by atoms with E-state index in [0.717, 1.165) is 19.3 Å². The minimum Gasteiger partial charge on any atom is -0.463 e. The van der Waals surface area contributed by atoms with Crippen LogP contribution in [0.15, 0.2) is 12.2 Å². The van der Waals surface area contributed by atoms with Crippen molar-refractivity contribution in [1.82, 2.24) is 0 Å². The summed E-state index contributed by atoms with van der Waals surface area (Å²) in [5.74, 6) is -0.305. The van der Waals surface area contributed by atoms with Gasteiger partial charge in [-0.15, -0.1) is 0 Å². The minimum absolute atomic E-state index is 0.0201. The molecular weight excluding hydrogens is 476 g/mol. The molecule has 1 heterocycles. The summed E-state index contributed by atoms with van der Waals surface area (Å²) in [6.07, 6.45) is 4.84. The molecule has 1 rings (SSSR count). The fourth-order valence-electron chi connectivity index (χ4n) is 3.39. The van der Waals surface area contributed by atoms with Crippen LogP contribution in [-0.4, -0.2) is 59.9 Å². The first-order valence-electron chi connectivity index (χ1n) is 13.3. The third-order valence-electron chi connectivity index (χ3n) is 7.79. The molecule has 0 radical (unpaired) electrons. The van der Waals surface area contributed by atoms with E-state index in [1.807, 2.05) is 13.0 Å². The summed E-state index contributed by atoms with van der Waals surface area (Å²) < 4.78 is 31.5. The second kappa shape index (κ2) is 12.8. The first-order valence-corrected chi connectivity index (χ1v) is 19.1. The molecule has 5 atom stereocenters. The first-order chi connectivity index (χ1) is 15.8. The molecule has 0 saturated carbocycles. The number of ether oxygens (including phenoxy) is 3. The zero-order valence-electron chi connectivity index (χ0n) is 24.8. The van der Waals surface area contributed by atoms with Gasteiger partial charge >= 0.3 is 5.97 Å². The maximum absolute atomic E-state index is 11.5. The molecule has 0 amide bonds. The van der Waals surface area contributed by atoms with Gasteiger partial charge in [0.1, 0.15) is 0 Å². The summed E-state index contributed by atoms with van der Waals surface area (Å²) in [5, 5.41) is 0.210. The smallest absolute Gasteiger partial charge is 0.330 e. The molecule has 0 bridgehead atoms. The summed E-state index contributed by atoms with van der Waals surface area (Å²) in [4.78, 5) is 11.5. The Morgan fingerprint density at radius 2 is 1.51 bits per heavy atom. The van der Waals surface area contributed by atoms with Crippen LogP contribution in [0.3, 0.4) is 0 Å². The van der Waals surface area contributed by atoms with Gasteiger partial charge in [-0.05, 0) is 69.9 Å². The number of allylic oxidation sites excluding steroid dienone is 1. The van der Waals surface area contributed by atoms with E-state index in [0.29, 0.717) is 6.61 Å². The Bertz CT molecular complexity index is 693. The van der Waals surface area contributed by atoms with Crippen molar-refractivity contribution in [3.05, 3.63) is 12.2 Å². The molecule has 1 saturated heterocycles. The van der Waals surface area contributed by atoms with Crippen molar-refractivity contribution < 1.29 is 27.9 Å². The van der Waals surface area contributed by atoms with E-state index < -0.39 is 22.9 Å². The zero-order valence-corrected chi connectivity index (χ0v) is 26.8. The van der Waals surface area contributed by atoms with Crippen LogP contribution in [0.4, 0.5) is 0 Å². The SMILES string of the molecule is CCOC(=O)/C=C\CC[C@@H](C)O[C@@H]1O[C@@H](C)[C@H](O[Si](C)(C)C(C)(C)C)C[C@H]1O[Si](C)(C)C(C)(C)C. The highest BCUT2D eigenvalue weighted by Gasteiger charge is 2.48. The molecule has 0 N–H and O–H groups in total. The molecule has 0 aromatic heterocycles. The average Bonchev–Trinajstić information content (AvgIpc) is 2.67. The lowest BCUT2D eigenvalue weighted by molar-refractivity contribution is -0.268. The van der Waals surface area contributed by atoms with Crippen molar-refractivity contribution in [1.29, 1.82) is 0 Å². The normalized spacial score (nSPS) is 25.6. The van der Waals surface area contributed by atoms with Crippen molar-refractivity contribution in [2.45, 2.75) is 149 Å². The highest BCUT2D eigenvalue weighted by atomic mass is 28.4. The van der Waals surface area contributed by atoms with Gasteiger partial charge in [-0.3, -0.25) is 0 Å². The predicted octanol–water partition coefficient (Wildman–Crippen LogP) is 7.21. The lowest BCUT2D eigenvalue weighted by Crippen LogP contribution is -2.57. The van der Waals surface area contributed by atoms with Crippen LogP contribution in [0.1, 0.15) is 81.6 Å². The topological polar surface area (TPSA) is 63.2 Å². The molecule has 0 aliphatic carbocycles. The molecule has 1 aliphatic rings. The summed E-state index contributed by atoms with van der Waals surface area (Å²) in [5.41, 5.74) is 0. The Morgan fingerprint density at radius 1 is 1.00 bits per heavy atom. The average molecular weight is 531 g/mol. The number of carbonyl (C=O) groups excluding carboxylic acids is 1. The van der Waals surface area contributed by atoms with E-state index in [-0.39, 0.29) is 40.5 Å². The van der Waals surface area contributed by atoms with Gasteiger partial charge < -0.3 is 23.1 Å². The third kappa shape index (κ3) is 10.0. The second-order valence-electron chi connectivity index (χ2n) is 13.0. The first kappa shape index (κ1) is 32.5. The molecule has 206 valence electrons. The van der Waals surface area contributed by atoms with Gasteiger partial charge in [-0.25, -0.2) is 4.79 Å². The molecule has 6 nitrogen and oxygen atoms in total. The third-order valence-corrected chi connectivity index (χ3v) is 16.8. The maximum atomic E-state index is 11.5. The second-order valence-corrected chi connectivity index (χ2v) is 22.5. The van der Waals surface area contributed by atoms with Gasteiger partial charge in [-0.2, -0.15) is 0 Å². The molecule has 35 heavy (non-hydrogen) atoms. The van der Waals surface area contributed by atoms with Crippen molar-refractivity contribution in [3.8, 4) is 0 Å². The fourth-order valence-corrected chi connectivity index (χ4v) is 6.11. The summed E-state index contributed by atoms with van der Waals surface area (Å²) in [6, 6.07) is 0. The molecule has 0 spiro atoms. The maximum Gasteiger partial charge on any atom is 0.330 e.